The highest BCUT2D eigenvalue weighted by molar-refractivity contribution is 7.85. The molecule has 0 aliphatic carbocycles. The summed E-state index contributed by atoms with van der Waals surface area (Å²) in [4.78, 5) is 15.8. The molecule has 0 saturated carbocycles. The number of para-hydroxylation sites is 1. The van der Waals surface area contributed by atoms with Gasteiger partial charge in [0.25, 0.3) is 10.1 Å². The normalized spacial score (nSPS) is 11.8. The molecule has 0 amide bonds. The predicted molar refractivity (Wildman–Crippen MR) is 109 cm³/mol. The Bertz CT molecular complexity index is 1190. The highest BCUT2D eigenvalue weighted by atomic mass is 32.2. The largest absolute Gasteiger partial charge is 0.479 e. The van der Waals surface area contributed by atoms with Crippen LogP contribution in [0.1, 0.15) is 17.5 Å². The third-order valence-electron chi connectivity index (χ3n) is 4.91. The summed E-state index contributed by atoms with van der Waals surface area (Å²) in [7, 11) is -4.05. The van der Waals surface area contributed by atoms with E-state index in [0.29, 0.717) is 12.2 Å². The minimum Gasteiger partial charge on any atom is -0.479 e. The van der Waals surface area contributed by atoms with E-state index in [1.165, 1.54) is 0 Å². The van der Waals surface area contributed by atoms with Crippen molar-refractivity contribution in [3.63, 3.8) is 0 Å². The summed E-state index contributed by atoms with van der Waals surface area (Å²) < 4.78 is 33.4. The summed E-state index contributed by atoms with van der Waals surface area (Å²) in [6.07, 6.45) is 0.248. The lowest BCUT2D eigenvalue weighted by Gasteiger charge is -2.14. The quantitative estimate of drug-likeness (QED) is 0.222. The van der Waals surface area contributed by atoms with Crippen LogP contribution in [0.4, 0.5) is 5.69 Å². The average molecular weight is 419 g/mol. The van der Waals surface area contributed by atoms with Crippen molar-refractivity contribution in [2.75, 3.05) is 17.8 Å². The number of nitrogens with one attached hydrogen (secondary N) is 1. The molecule has 0 unspecified atom stereocenters. The second-order valence-corrected chi connectivity index (χ2v) is 8.46. The highest BCUT2D eigenvalue weighted by Gasteiger charge is 2.20. The Morgan fingerprint density at radius 2 is 1.86 bits per heavy atom. The topological polar surface area (TPSA) is 117 Å². The van der Waals surface area contributed by atoms with Gasteiger partial charge in [0.15, 0.2) is 13.2 Å². The zero-order chi connectivity index (χ0) is 21.2. The molecule has 3 N–H and O–H groups in total. The van der Waals surface area contributed by atoms with Crippen LogP contribution >= 0.6 is 0 Å². The van der Waals surface area contributed by atoms with E-state index in [4.69, 9.17) is 14.5 Å². The Kier molecular flexibility index (Phi) is 6.02. The maximum Gasteiger partial charge on any atom is 0.332 e. The highest BCUT2D eigenvalue weighted by Crippen LogP contribution is 2.29. The van der Waals surface area contributed by atoms with Crippen molar-refractivity contribution in [2.45, 2.75) is 26.8 Å². The summed E-state index contributed by atoms with van der Waals surface area (Å²) >= 11 is 0. The number of aliphatic carboxylic acids is 1. The summed E-state index contributed by atoms with van der Waals surface area (Å²) in [6.45, 7) is 3.79. The molecule has 0 bridgehead atoms. The van der Waals surface area contributed by atoms with Crippen molar-refractivity contribution < 1.29 is 32.3 Å². The van der Waals surface area contributed by atoms with Gasteiger partial charge in [0.1, 0.15) is 0 Å². The van der Waals surface area contributed by atoms with Gasteiger partial charge in [-0.3, -0.25) is 14.9 Å². The van der Waals surface area contributed by atoms with Crippen molar-refractivity contribution in [2.24, 2.45) is 0 Å². The van der Waals surface area contributed by atoms with E-state index >= 15 is 0 Å². The van der Waals surface area contributed by atoms with E-state index in [9.17, 15) is 13.2 Å². The van der Waals surface area contributed by atoms with Gasteiger partial charge in [0.2, 0.25) is 11.0 Å². The molecular weight excluding hydrogens is 396 g/mol. The molecule has 1 heterocycles. The van der Waals surface area contributed by atoms with Crippen LogP contribution in [0.2, 0.25) is 0 Å². The summed E-state index contributed by atoms with van der Waals surface area (Å²) in [5.41, 5.74) is 7.03. The molecule has 0 atom stereocenters. The van der Waals surface area contributed by atoms with Crippen LogP contribution in [0, 0.1) is 13.8 Å². The third-order valence-corrected chi connectivity index (χ3v) is 5.71. The first-order valence-corrected chi connectivity index (χ1v) is 10.7. The fraction of sp³-hybridized carbons (Fsp3) is 0.300. The summed E-state index contributed by atoms with van der Waals surface area (Å²) in [5, 5.41) is 10.8. The number of benzene rings is 2. The molecule has 0 aliphatic heterocycles. The average Bonchev–Trinajstić information content (AvgIpc) is 2.64. The fourth-order valence-electron chi connectivity index (χ4n) is 3.39. The lowest BCUT2D eigenvalue weighted by atomic mass is 10.00. The standard InChI is InChI=1S/C20H22N2O6S/c1-13-14(2)17(21-28-12-20(23)24)11-19-16(13)10-15-6-3-4-7-18(15)22(19)8-5-9-29(25,26)27/h3-4,6-7,10-11H,5,8-9,12H2,1-2H3,(H2,23,24,25,26,27)/p+1. The van der Waals surface area contributed by atoms with Crippen LogP contribution in [-0.2, 0) is 26.3 Å². The van der Waals surface area contributed by atoms with Gasteiger partial charge in [-0.1, -0.05) is 12.1 Å². The number of pyridine rings is 1. The summed E-state index contributed by atoms with van der Waals surface area (Å²) in [6, 6.07) is 11.7. The van der Waals surface area contributed by atoms with E-state index in [2.05, 4.69) is 11.5 Å². The number of aromatic nitrogens is 1. The minimum atomic E-state index is -4.05. The second-order valence-electron chi connectivity index (χ2n) is 6.89. The first-order valence-electron chi connectivity index (χ1n) is 9.07. The molecule has 8 nitrogen and oxygen atoms in total. The Morgan fingerprint density at radius 3 is 2.55 bits per heavy atom. The Hall–Kier alpha value is -2.75. The predicted octanol–water partition coefficient (Wildman–Crippen LogP) is 2.60. The van der Waals surface area contributed by atoms with Crippen molar-refractivity contribution in [3.8, 4) is 0 Å². The number of nitrogens with zero attached hydrogens (tertiary/aromatic N) is 1. The van der Waals surface area contributed by atoms with Gasteiger partial charge in [-0.25, -0.2) is 4.79 Å². The monoisotopic (exact) mass is 419 g/mol. The number of hydrogen-bond donors (Lipinski definition) is 3. The van der Waals surface area contributed by atoms with Crippen molar-refractivity contribution >= 4 is 43.6 Å². The molecule has 0 radical (unpaired) electrons. The molecule has 3 rings (SSSR count). The second kappa shape index (κ2) is 8.32. The number of hydrogen-bond acceptors (Lipinski definition) is 5. The number of carbonyl (C=O) groups is 1. The van der Waals surface area contributed by atoms with Crippen LogP contribution < -0.4 is 10.0 Å². The number of fused-ring (bicyclic) bond motifs is 2. The molecule has 0 fully saturated rings. The molecule has 0 aliphatic rings. The number of aryl methyl sites for hydroxylation is 2. The molecule has 0 spiro atoms. The van der Waals surface area contributed by atoms with Crippen LogP contribution in [0.5, 0.6) is 0 Å². The van der Waals surface area contributed by atoms with Gasteiger partial charge in [-0.2, -0.15) is 13.0 Å². The van der Waals surface area contributed by atoms with Gasteiger partial charge < -0.3 is 5.11 Å². The Morgan fingerprint density at radius 1 is 1.14 bits per heavy atom. The van der Waals surface area contributed by atoms with E-state index in [1.54, 1.807) is 0 Å². The van der Waals surface area contributed by atoms with Gasteiger partial charge in [0.05, 0.1) is 16.8 Å². The number of carboxylic acid groups (broad SMARTS) is 1. The van der Waals surface area contributed by atoms with Crippen LogP contribution in [-0.4, -0.2) is 36.4 Å². The van der Waals surface area contributed by atoms with Crippen molar-refractivity contribution in [1.82, 2.24) is 0 Å². The molecular formula is C20H23N2O6S+. The van der Waals surface area contributed by atoms with Crippen molar-refractivity contribution in [1.29, 1.82) is 0 Å². The Balaban J connectivity index is 2.14. The molecule has 9 heteroatoms. The van der Waals surface area contributed by atoms with Gasteiger partial charge in [-0.05, 0) is 37.1 Å². The van der Waals surface area contributed by atoms with Crippen molar-refractivity contribution in [3.05, 3.63) is 47.5 Å². The van der Waals surface area contributed by atoms with Crippen LogP contribution in [0.3, 0.4) is 0 Å². The van der Waals surface area contributed by atoms with Crippen LogP contribution in [0.15, 0.2) is 36.4 Å². The number of carboxylic acids is 1. The van der Waals surface area contributed by atoms with Crippen LogP contribution in [0.25, 0.3) is 21.8 Å². The molecule has 2 aromatic carbocycles. The smallest absolute Gasteiger partial charge is 0.332 e. The van der Waals surface area contributed by atoms with Gasteiger partial charge >= 0.3 is 5.97 Å². The van der Waals surface area contributed by atoms with Gasteiger partial charge in [0, 0.05) is 23.9 Å². The zero-order valence-electron chi connectivity index (χ0n) is 16.2. The lowest BCUT2D eigenvalue weighted by molar-refractivity contribution is -0.645. The fourth-order valence-corrected chi connectivity index (χ4v) is 3.89. The SMILES string of the molecule is Cc1c(NOCC(=O)O)cc2c(cc3ccccc3[n+]2CCCS(=O)(=O)O)c1C. The zero-order valence-corrected chi connectivity index (χ0v) is 17.0. The number of anilines is 1. The maximum absolute atomic E-state index is 11.1. The first kappa shape index (κ1) is 21.0. The lowest BCUT2D eigenvalue weighted by Crippen LogP contribution is -2.36. The third kappa shape index (κ3) is 4.81. The molecule has 1 aromatic heterocycles. The summed E-state index contributed by atoms with van der Waals surface area (Å²) in [5.74, 6) is -1.42. The number of rotatable bonds is 8. The minimum absolute atomic E-state index is 0.248. The van der Waals surface area contributed by atoms with E-state index in [1.807, 2.05) is 48.7 Å². The Labute approximate surface area is 168 Å². The molecule has 0 saturated heterocycles. The molecule has 154 valence electrons. The first-order chi connectivity index (χ1) is 13.7. The van der Waals surface area contributed by atoms with Gasteiger partial charge in [-0.15, -0.1) is 0 Å². The van der Waals surface area contributed by atoms with E-state index in [0.717, 1.165) is 32.9 Å². The van der Waals surface area contributed by atoms with E-state index < -0.39 is 22.7 Å². The maximum atomic E-state index is 11.1. The van der Waals surface area contributed by atoms with E-state index in [-0.39, 0.29) is 12.2 Å². The molecule has 3 aromatic rings. The molecule has 29 heavy (non-hydrogen) atoms.